The van der Waals surface area contributed by atoms with Gasteiger partial charge >= 0.3 is 0 Å². The van der Waals surface area contributed by atoms with Crippen molar-refractivity contribution in [3.05, 3.63) is 81.1 Å². The molecule has 0 unspecified atom stereocenters. The van der Waals surface area contributed by atoms with Crippen molar-refractivity contribution in [3.8, 4) is 22.4 Å². The molecule has 120 valence electrons. The molecule has 1 N–H and O–H groups in total. The number of halogens is 1. The topological polar surface area (TPSA) is 42.2 Å². The number of aliphatic hydroxyl groups excluding tert-OH is 1. The molecule has 4 heteroatoms. The van der Waals surface area contributed by atoms with Crippen molar-refractivity contribution in [2.45, 2.75) is 19.6 Å². The van der Waals surface area contributed by atoms with Crippen molar-refractivity contribution in [3.63, 3.8) is 0 Å². The minimum absolute atomic E-state index is 0.0287. The van der Waals surface area contributed by atoms with E-state index < -0.39 is 0 Å². The van der Waals surface area contributed by atoms with Gasteiger partial charge in [0.25, 0.3) is 5.56 Å². The van der Waals surface area contributed by atoms with Gasteiger partial charge in [-0.15, -0.1) is 0 Å². The molecular weight excluding hydrogens is 322 g/mol. The maximum absolute atomic E-state index is 13.0. The molecule has 1 aliphatic rings. The van der Waals surface area contributed by atoms with Crippen molar-refractivity contribution in [1.29, 1.82) is 0 Å². The summed E-state index contributed by atoms with van der Waals surface area (Å²) in [6.07, 6.45) is 0.780. The summed E-state index contributed by atoms with van der Waals surface area (Å²) in [6, 6.07) is 17.1. The van der Waals surface area contributed by atoms with Crippen LogP contribution in [0.4, 0.5) is 0 Å². The van der Waals surface area contributed by atoms with E-state index in [0.29, 0.717) is 17.1 Å². The maximum Gasteiger partial charge on any atom is 0.258 e. The SMILES string of the molecule is O=c1c(-c2ccccc2)cc(CO)c2n1CCc1ccc(Cl)cc1-2. The lowest BCUT2D eigenvalue weighted by molar-refractivity contribution is 0.281. The zero-order chi connectivity index (χ0) is 16.7. The van der Waals surface area contributed by atoms with E-state index in [2.05, 4.69) is 0 Å². The summed E-state index contributed by atoms with van der Waals surface area (Å²) in [5.74, 6) is 0. The lowest BCUT2D eigenvalue weighted by atomic mass is 9.93. The molecule has 0 fully saturated rings. The molecule has 2 aromatic carbocycles. The Morgan fingerprint density at radius 1 is 1.04 bits per heavy atom. The molecule has 0 amide bonds. The number of hydrogen-bond acceptors (Lipinski definition) is 2. The number of nitrogens with zero attached hydrogens (tertiary/aromatic N) is 1. The molecule has 0 spiro atoms. The molecule has 24 heavy (non-hydrogen) atoms. The Kier molecular flexibility index (Phi) is 3.75. The number of pyridine rings is 1. The van der Waals surface area contributed by atoms with Crippen LogP contribution in [0.3, 0.4) is 0 Å². The summed E-state index contributed by atoms with van der Waals surface area (Å²) >= 11 is 6.16. The predicted molar refractivity (Wildman–Crippen MR) is 96.2 cm³/mol. The van der Waals surface area contributed by atoms with E-state index in [0.717, 1.165) is 34.4 Å². The van der Waals surface area contributed by atoms with Gasteiger partial charge in [0, 0.05) is 28.3 Å². The first-order valence-electron chi connectivity index (χ1n) is 7.91. The summed E-state index contributed by atoms with van der Waals surface area (Å²) in [7, 11) is 0. The third kappa shape index (κ3) is 2.37. The van der Waals surface area contributed by atoms with Crippen LogP contribution in [0.1, 0.15) is 11.1 Å². The first-order valence-corrected chi connectivity index (χ1v) is 8.28. The monoisotopic (exact) mass is 337 g/mol. The Balaban J connectivity index is 2.03. The van der Waals surface area contributed by atoms with E-state index in [1.165, 1.54) is 0 Å². The minimum Gasteiger partial charge on any atom is -0.392 e. The van der Waals surface area contributed by atoms with Crippen molar-refractivity contribution >= 4 is 11.6 Å². The number of rotatable bonds is 2. The van der Waals surface area contributed by atoms with E-state index in [4.69, 9.17) is 11.6 Å². The summed E-state index contributed by atoms with van der Waals surface area (Å²) in [6.45, 7) is 0.484. The van der Waals surface area contributed by atoms with Gasteiger partial charge in [-0.2, -0.15) is 0 Å². The van der Waals surface area contributed by atoms with E-state index >= 15 is 0 Å². The van der Waals surface area contributed by atoms with Gasteiger partial charge in [-0.1, -0.05) is 48.0 Å². The molecule has 3 aromatic rings. The van der Waals surface area contributed by atoms with Gasteiger partial charge in [0.05, 0.1) is 12.3 Å². The Morgan fingerprint density at radius 2 is 1.83 bits per heavy atom. The number of benzene rings is 2. The smallest absolute Gasteiger partial charge is 0.258 e. The van der Waals surface area contributed by atoms with Crippen LogP contribution in [0, 0.1) is 0 Å². The zero-order valence-electron chi connectivity index (χ0n) is 13.0. The number of fused-ring (bicyclic) bond motifs is 3. The van der Waals surface area contributed by atoms with E-state index in [1.54, 1.807) is 10.6 Å². The molecule has 1 aromatic heterocycles. The summed E-state index contributed by atoms with van der Waals surface area (Å²) < 4.78 is 1.77. The van der Waals surface area contributed by atoms with Crippen molar-refractivity contribution in [2.75, 3.05) is 0 Å². The van der Waals surface area contributed by atoms with Gasteiger partial charge in [-0.25, -0.2) is 0 Å². The molecule has 0 radical (unpaired) electrons. The van der Waals surface area contributed by atoms with Crippen LogP contribution in [0.5, 0.6) is 0 Å². The minimum atomic E-state index is -0.124. The second-order valence-corrected chi connectivity index (χ2v) is 6.40. The highest BCUT2D eigenvalue weighted by atomic mass is 35.5. The largest absolute Gasteiger partial charge is 0.392 e. The fraction of sp³-hybridized carbons (Fsp3) is 0.150. The quantitative estimate of drug-likeness (QED) is 0.771. The molecule has 0 aliphatic carbocycles. The standard InChI is InChI=1S/C20H16ClNO2/c21-16-7-6-14-8-9-22-19(17(14)11-16)15(12-23)10-18(20(22)24)13-4-2-1-3-5-13/h1-7,10-11,23H,8-9,12H2. The second-order valence-electron chi connectivity index (χ2n) is 5.96. The maximum atomic E-state index is 13.0. The van der Waals surface area contributed by atoms with Gasteiger partial charge in [0.2, 0.25) is 0 Å². The van der Waals surface area contributed by atoms with Crippen LogP contribution in [0.25, 0.3) is 22.4 Å². The lowest BCUT2D eigenvalue weighted by Gasteiger charge is -2.25. The average Bonchev–Trinajstić information content (AvgIpc) is 2.62. The van der Waals surface area contributed by atoms with Gasteiger partial charge in [0.1, 0.15) is 0 Å². The molecule has 0 saturated carbocycles. The molecule has 0 saturated heterocycles. The molecule has 0 bridgehead atoms. The van der Waals surface area contributed by atoms with Crippen LogP contribution >= 0.6 is 11.6 Å². The van der Waals surface area contributed by atoms with Crippen molar-refractivity contribution in [2.24, 2.45) is 0 Å². The van der Waals surface area contributed by atoms with Gasteiger partial charge < -0.3 is 9.67 Å². The normalized spacial score (nSPS) is 12.6. The van der Waals surface area contributed by atoms with Crippen molar-refractivity contribution in [1.82, 2.24) is 4.57 Å². The molecule has 1 aliphatic heterocycles. The van der Waals surface area contributed by atoms with Crippen LogP contribution in [0.15, 0.2) is 59.4 Å². The summed E-state index contributed by atoms with van der Waals surface area (Å²) in [5, 5.41) is 10.5. The lowest BCUT2D eigenvalue weighted by Crippen LogP contribution is -2.28. The second kappa shape index (κ2) is 5.93. The zero-order valence-corrected chi connectivity index (χ0v) is 13.8. The number of aryl methyl sites for hydroxylation is 1. The fourth-order valence-electron chi connectivity index (χ4n) is 3.42. The Hall–Kier alpha value is -2.36. The number of aromatic nitrogens is 1. The van der Waals surface area contributed by atoms with Crippen LogP contribution in [0.2, 0.25) is 5.02 Å². The van der Waals surface area contributed by atoms with E-state index in [1.807, 2.05) is 48.5 Å². The fourth-order valence-corrected chi connectivity index (χ4v) is 3.59. The summed E-state index contributed by atoms with van der Waals surface area (Å²) in [4.78, 5) is 13.0. The third-order valence-electron chi connectivity index (χ3n) is 4.56. The van der Waals surface area contributed by atoms with E-state index in [-0.39, 0.29) is 12.2 Å². The molecule has 3 nitrogen and oxygen atoms in total. The number of hydrogen-bond donors (Lipinski definition) is 1. The summed E-state index contributed by atoms with van der Waals surface area (Å²) in [5.41, 5.74) is 5.08. The van der Waals surface area contributed by atoms with Gasteiger partial charge in [0.15, 0.2) is 0 Å². The highest BCUT2D eigenvalue weighted by Gasteiger charge is 2.22. The van der Waals surface area contributed by atoms with Gasteiger partial charge in [-0.3, -0.25) is 4.79 Å². The Morgan fingerprint density at radius 3 is 2.58 bits per heavy atom. The van der Waals surface area contributed by atoms with Crippen LogP contribution in [-0.4, -0.2) is 9.67 Å². The van der Waals surface area contributed by atoms with Gasteiger partial charge in [-0.05, 0) is 35.7 Å². The Labute approximate surface area is 144 Å². The Bertz CT molecular complexity index is 977. The molecule has 2 heterocycles. The van der Waals surface area contributed by atoms with E-state index in [9.17, 15) is 9.90 Å². The van der Waals surface area contributed by atoms with Crippen LogP contribution < -0.4 is 5.56 Å². The molecular formula is C20H16ClNO2. The average molecular weight is 338 g/mol. The predicted octanol–water partition coefficient (Wildman–Crippen LogP) is 3.88. The van der Waals surface area contributed by atoms with Crippen LogP contribution in [-0.2, 0) is 19.6 Å². The highest BCUT2D eigenvalue weighted by molar-refractivity contribution is 6.30. The first-order chi connectivity index (χ1) is 11.7. The highest BCUT2D eigenvalue weighted by Crippen LogP contribution is 2.34. The molecule has 4 rings (SSSR count). The number of aliphatic hydroxyl groups is 1. The van der Waals surface area contributed by atoms with Crippen molar-refractivity contribution < 1.29 is 5.11 Å². The first kappa shape index (κ1) is 15.2. The third-order valence-corrected chi connectivity index (χ3v) is 4.79. The molecule has 0 atom stereocenters.